The van der Waals surface area contributed by atoms with Crippen LogP contribution in [0.5, 0.6) is 0 Å². The molecular weight excluding hydrogens is 383 g/mol. The van der Waals surface area contributed by atoms with E-state index in [1.54, 1.807) is 0 Å². The second kappa shape index (κ2) is 7.48. The molecule has 1 aromatic rings. The third-order valence-corrected chi connectivity index (χ3v) is 3.96. The van der Waals surface area contributed by atoms with Gasteiger partial charge in [-0.1, -0.05) is 15.9 Å². The summed E-state index contributed by atoms with van der Waals surface area (Å²) in [6.45, 7) is 1.91. The van der Waals surface area contributed by atoms with Crippen LogP contribution < -0.4 is 10.6 Å². The average Bonchev–Trinajstić information content (AvgIpc) is 2.30. The fourth-order valence-electron chi connectivity index (χ4n) is 1.91. The smallest absolute Gasteiger partial charge is 0.252 e. The van der Waals surface area contributed by atoms with E-state index in [1.165, 1.54) is 0 Å². The monoisotopic (exact) mass is 396 g/mol. The van der Waals surface area contributed by atoms with Gasteiger partial charge in [-0.05, 0) is 53.5 Å². The number of benzene rings is 1. The van der Waals surface area contributed by atoms with Crippen molar-refractivity contribution in [1.82, 2.24) is 10.6 Å². The molecule has 1 aromatic carbocycles. The van der Waals surface area contributed by atoms with Crippen LogP contribution >= 0.6 is 44.3 Å². The number of nitrogens with one attached hydrogen (secondary N) is 2. The molecular formula is C12H15Br2ClN2O. The molecule has 1 fully saturated rings. The third-order valence-electron chi connectivity index (χ3n) is 2.81. The first-order valence-corrected chi connectivity index (χ1v) is 7.22. The highest BCUT2D eigenvalue weighted by atomic mass is 79.9. The number of halogens is 3. The zero-order valence-corrected chi connectivity index (χ0v) is 13.7. The van der Waals surface area contributed by atoms with E-state index in [4.69, 9.17) is 0 Å². The first-order valence-electron chi connectivity index (χ1n) is 5.63. The summed E-state index contributed by atoms with van der Waals surface area (Å²) < 4.78 is 1.77. The molecule has 1 unspecified atom stereocenters. The quantitative estimate of drug-likeness (QED) is 0.804. The Balaban J connectivity index is 0.00000162. The van der Waals surface area contributed by atoms with E-state index in [0.29, 0.717) is 5.56 Å². The highest BCUT2D eigenvalue weighted by molar-refractivity contribution is 9.11. The van der Waals surface area contributed by atoms with Gasteiger partial charge in [-0.3, -0.25) is 4.79 Å². The molecule has 0 aromatic heterocycles. The van der Waals surface area contributed by atoms with Crippen LogP contribution in [0.2, 0.25) is 0 Å². The van der Waals surface area contributed by atoms with Crippen LogP contribution in [-0.2, 0) is 0 Å². The molecule has 0 aliphatic carbocycles. The van der Waals surface area contributed by atoms with Gasteiger partial charge in [0.15, 0.2) is 0 Å². The van der Waals surface area contributed by atoms with E-state index in [0.717, 1.165) is 34.9 Å². The SMILES string of the molecule is Cl.O=C(NC1CCCNC1)c1ccc(Br)cc1Br. The molecule has 0 saturated carbocycles. The first-order chi connectivity index (χ1) is 8.16. The summed E-state index contributed by atoms with van der Waals surface area (Å²) >= 11 is 6.78. The molecule has 1 saturated heterocycles. The van der Waals surface area contributed by atoms with Crippen molar-refractivity contribution in [1.29, 1.82) is 0 Å². The predicted molar refractivity (Wildman–Crippen MR) is 82.4 cm³/mol. The maximum atomic E-state index is 12.1. The van der Waals surface area contributed by atoms with Crippen LogP contribution in [0.4, 0.5) is 0 Å². The first kappa shape index (κ1) is 16.0. The van der Waals surface area contributed by atoms with Crippen LogP contribution in [0, 0.1) is 0 Å². The van der Waals surface area contributed by atoms with Crippen LogP contribution in [0.25, 0.3) is 0 Å². The number of hydrogen-bond donors (Lipinski definition) is 2. The van der Waals surface area contributed by atoms with Crippen LogP contribution in [0.3, 0.4) is 0 Å². The second-order valence-electron chi connectivity index (χ2n) is 4.14. The molecule has 6 heteroatoms. The van der Waals surface area contributed by atoms with Gasteiger partial charge in [-0.2, -0.15) is 0 Å². The Morgan fingerprint density at radius 1 is 1.39 bits per heavy atom. The Labute approximate surface area is 130 Å². The van der Waals surface area contributed by atoms with Gasteiger partial charge in [0, 0.05) is 21.5 Å². The summed E-state index contributed by atoms with van der Waals surface area (Å²) in [6, 6.07) is 5.82. The zero-order chi connectivity index (χ0) is 12.3. The maximum absolute atomic E-state index is 12.1. The Morgan fingerprint density at radius 3 is 2.78 bits per heavy atom. The van der Waals surface area contributed by atoms with Crippen molar-refractivity contribution >= 4 is 50.2 Å². The molecule has 1 aliphatic heterocycles. The molecule has 0 bridgehead atoms. The lowest BCUT2D eigenvalue weighted by molar-refractivity contribution is 0.0930. The van der Waals surface area contributed by atoms with Crippen molar-refractivity contribution in [3.05, 3.63) is 32.7 Å². The van der Waals surface area contributed by atoms with Crippen molar-refractivity contribution in [3.8, 4) is 0 Å². The van der Waals surface area contributed by atoms with Crippen molar-refractivity contribution in [2.24, 2.45) is 0 Å². The van der Waals surface area contributed by atoms with Crippen LogP contribution in [0.1, 0.15) is 23.2 Å². The van der Waals surface area contributed by atoms with E-state index in [2.05, 4.69) is 42.5 Å². The Kier molecular flexibility index (Phi) is 6.63. The lowest BCUT2D eigenvalue weighted by atomic mass is 10.1. The zero-order valence-electron chi connectivity index (χ0n) is 9.71. The van der Waals surface area contributed by atoms with E-state index in [1.807, 2.05) is 18.2 Å². The predicted octanol–water partition coefficient (Wildman–Crippen LogP) is 3.12. The summed E-state index contributed by atoms with van der Waals surface area (Å²) in [6.07, 6.45) is 2.17. The van der Waals surface area contributed by atoms with Gasteiger partial charge >= 0.3 is 0 Å². The minimum Gasteiger partial charge on any atom is -0.348 e. The fourth-order valence-corrected chi connectivity index (χ4v) is 3.14. The van der Waals surface area contributed by atoms with Crippen LogP contribution in [0.15, 0.2) is 27.1 Å². The highest BCUT2D eigenvalue weighted by Gasteiger charge is 2.17. The number of piperidine rings is 1. The molecule has 2 rings (SSSR count). The maximum Gasteiger partial charge on any atom is 0.252 e. The van der Waals surface area contributed by atoms with Crippen molar-refractivity contribution in [3.63, 3.8) is 0 Å². The topological polar surface area (TPSA) is 41.1 Å². The largest absolute Gasteiger partial charge is 0.348 e. The molecule has 1 amide bonds. The van der Waals surface area contributed by atoms with E-state index in [-0.39, 0.29) is 24.4 Å². The number of carbonyl (C=O) groups excluding carboxylic acids is 1. The fraction of sp³-hybridized carbons (Fsp3) is 0.417. The van der Waals surface area contributed by atoms with Gasteiger partial charge in [0.05, 0.1) is 5.56 Å². The molecule has 100 valence electrons. The Hall–Kier alpha value is -0.100. The van der Waals surface area contributed by atoms with E-state index in [9.17, 15) is 4.79 Å². The van der Waals surface area contributed by atoms with E-state index >= 15 is 0 Å². The molecule has 2 N–H and O–H groups in total. The highest BCUT2D eigenvalue weighted by Crippen LogP contribution is 2.22. The summed E-state index contributed by atoms with van der Waals surface area (Å²) in [5.74, 6) is -0.0157. The number of hydrogen-bond acceptors (Lipinski definition) is 2. The molecule has 18 heavy (non-hydrogen) atoms. The number of rotatable bonds is 2. The standard InChI is InChI=1S/C12H14Br2N2O.ClH/c13-8-3-4-10(11(14)6-8)12(17)16-9-2-1-5-15-7-9;/h3-4,6,9,15H,1-2,5,7H2,(H,16,17);1H. The van der Waals surface area contributed by atoms with Gasteiger partial charge in [0.25, 0.3) is 5.91 Å². The van der Waals surface area contributed by atoms with Crippen molar-refractivity contribution < 1.29 is 4.79 Å². The minimum absolute atomic E-state index is 0. The van der Waals surface area contributed by atoms with Gasteiger partial charge in [0.2, 0.25) is 0 Å². The molecule has 1 atom stereocenters. The van der Waals surface area contributed by atoms with Gasteiger partial charge in [0.1, 0.15) is 0 Å². The van der Waals surface area contributed by atoms with Crippen LogP contribution in [-0.4, -0.2) is 25.0 Å². The van der Waals surface area contributed by atoms with E-state index < -0.39 is 0 Å². The lowest BCUT2D eigenvalue weighted by Crippen LogP contribution is -2.45. The second-order valence-corrected chi connectivity index (χ2v) is 5.91. The summed E-state index contributed by atoms with van der Waals surface area (Å²) in [5, 5.41) is 6.33. The minimum atomic E-state index is -0.0157. The number of amides is 1. The Bertz CT molecular complexity index is 423. The van der Waals surface area contributed by atoms with Gasteiger partial charge in [-0.25, -0.2) is 0 Å². The molecule has 1 heterocycles. The molecule has 0 radical (unpaired) electrons. The summed E-state index contributed by atoms with van der Waals surface area (Å²) in [4.78, 5) is 12.1. The molecule has 1 aliphatic rings. The average molecular weight is 399 g/mol. The van der Waals surface area contributed by atoms with Crippen molar-refractivity contribution in [2.75, 3.05) is 13.1 Å². The Morgan fingerprint density at radius 2 is 2.17 bits per heavy atom. The van der Waals surface area contributed by atoms with Gasteiger partial charge < -0.3 is 10.6 Å². The number of carbonyl (C=O) groups is 1. The summed E-state index contributed by atoms with van der Waals surface area (Å²) in [7, 11) is 0. The molecule has 0 spiro atoms. The summed E-state index contributed by atoms with van der Waals surface area (Å²) in [5.41, 5.74) is 0.679. The normalized spacial score (nSPS) is 18.9. The molecule has 3 nitrogen and oxygen atoms in total. The van der Waals surface area contributed by atoms with Gasteiger partial charge in [-0.15, -0.1) is 12.4 Å². The third kappa shape index (κ3) is 4.23. The van der Waals surface area contributed by atoms with Crippen molar-refractivity contribution in [2.45, 2.75) is 18.9 Å². The lowest BCUT2D eigenvalue weighted by Gasteiger charge is -2.24.